The molecule has 0 unspecified atom stereocenters. The number of nitrogens with zero attached hydrogens (tertiary/aromatic N) is 4. The molecule has 0 saturated heterocycles. The molecule has 0 aliphatic heterocycles. The van der Waals surface area contributed by atoms with Crippen LogP contribution in [-0.4, -0.2) is 45.9 Å². The number of hydrogen-bond donors (Lipinski definition) is 2. The van der Waals surface area contributed by atoms with E-state index in [-0.39, 0.29) is 0 Å². The molecule has 2 aromatic carbocycles. The van der Waals surface area contributed by atoms with Crippen molar-refractivity contribution >= 4 is 5.82 Å². The van der Waals surface area contributed by atoms with Gasteiger partial charge < -0.3 is 14.8 Å². The Bertz CT molecular complexity index is 1160. The van der Waals surface area contributed by atoms with E-state index in [2.05, 4.69) is 42.6 Å². The van der Waals surface area contributed by atoms with Gasteiger partial charge in [-0.25, -0.2) is 4.98 Å². The molecule has 4 rings (SSSR count). The fourth-order valence-corrected chi connectivity index (χ4v) is 3.17. The third-order valence-corrected chi connectivity index (χ3v) is 4.78. The van der Waals surface area contributed by atoms with Gasteiger partial charge in [-0.1, -0.05) is 30.3 Å². The van der Waals surface area contributed by atoms with Crippen LogP contribution in [0.4, 0.5) is 5.82 Å². The average Bonchev–Trinajstić information content (AvgIpc) is 3.26. The molecule has 0 bridgehead atoms. The Kier molecular flexibility index (Phi) is 6.07. The molecule has 0 aliphatic rings. The first kappa shape index (κ1) is 20.3. The van der Waals surface area contributed by atoms with Crippen molar-refractivity contribution in [2.45, 2.75) is 13.3 Å². The number of aromatic nitrogens is 5. The van der Waals surface area contributed by atoms with Gasteiger partial charge in [0.2, 0.25) is 0 Å². The van der Waals surface area contributed by atoms with Gasteiger partial charge in [-0.3, -0.25) is 5.10 Å². The Morgan fingerprint density at radius 3 is 2.42 bits per heavy atom. The number of benzene rings is 2. The summed E-state index contributed by atoms with van der Waals surface area (Å²) < 4.78 is 10.5. The molecule has 0 amide bonds. The van der Waals surface area contributed by atoms with Crippen molar-refractivity contribution in [2.75, 3.05) is 26.1 Å². The van der Waals surface area contributed by atoms with Crippen LogP contribution in [0.15, 0.2) is 54.6 Å². The Balaban J connectivity index is 1.52. The number of aromatic amines is 1. The number of aryl methyl sites for hydroxylation is 1. The maximum atomic E-state index is 5.32. The summed E-state index contributed by atoms with van der Waals surface area (Å²) in [4.78, 5) is 13.3. The molecule has 8 heteroatoms. The molecule has 0 spiro atoms. The van der Waals surface area contributed by atoms with E-state index in [1.54, 1.807) is 14.2 Å². The van der Waals surface area contributed by atoms with E-state index >= 15 is 0 Å². The summed E-state index contributed by atoms with van der Waals surface area (Å²) in [6.07, 6.45) is 0.852. The highest BCUT2D eigenvalue weighted by Gasteiger charge is 2.10. The first-order valence-corrected chi connectivity index (χ1v) is 9.94. The van der Waals surface area contributed by atoms with Gasteiger partial charge in [-0.15, -0.1) is 0 Å². The summed E-state index contributed by atoms with van der Waals surface area (Å²) in [5, 5.41) is 10.5. The summed E-state index contributed by atoms with van der Waals surface area (Å²) in [6.45, 7) is 2.60. The number of methoxy groups -OCH3 is 2. The number of rotatable bonds is 8. The second kappa shape index (κ2) is 9.25. The van der Waals surface area contributed by atoms with Gasteiger partial charge >= 0.3 is 6.01 Å². The van der Waals surface area contributed by atoms with E-state index < -0.39 is 0 Å². The standard InChI is InChI=1S/C23H24N6O2/c1-15-25-22(29-28-15)18-6-4-5-17(13-18)20-14-21(27-23(26-20)31-3)24-12-11-16-7-9-19(30-2)10-8-16/h4-10,13-14H,11-12H2,1-3H3,(H,24,26,27)(H,25,28,29). The van der Waals surface area contributed by atoms with E-state index in [1.165, 1.54) is 5.56 Å². The second-order valence-electron chi connectivity index (χ2n) is 6.98. The molecule has 31 heavy (non-hydrogen) atoms. The van der Waals surface area contributed by atoms with Crippen molar-refractivity contribution in [3.05, 3.63) is 66.0 Å². The molecule has 158 valence electrons. The molecule has 2 heterocycles. The van der Waals surface area contributed by atoms with Crippen LogP contribution in [0.5, 0.6) is 11.8 Å². The van der Waals surface area contributed by atoms with Crippen LogP contribution >= 0.6 is 0 Å². The van der Waals surface area contributed by atoms with Crippen molar-refractivity contribution in [3.63, 3.8) is 0 Å². The van der Waals surface area contributed by atoms with Crippen LogP contribution in [0.25, 0.3) is 22.6 Å². The van der Waals surface area contributed by atoms with Crippen molar-refractivity contribution in [1.82, 2.24) is 25.1 Å². The molecular formula is C23H24N6O2. The zero-order valence-corrected chi connectivity index (χ0v) is 17.7. The summed E-state index contributed by atoms with van der Waals surface area (Å²) in [7, 11) is 3.23. The highest BCUT2D eigenvalue weighted by Crippen LogP contribution is 2.26. The SMILES string of the molecule is COc1ccc(CCNc2cc(-c3cccc(-c4n[nH]c(C)n4)c3)nc(OC)n2)cc1. The molecule has 0 atom stereocenters. The predicted octanol–water partition coefficient (Wildman–Crippen LogP) is 3.91. The first-order chi connectivity index (χ1) is 15.1. The molecule has 2 aromatic heterocycles. The highest BCUT2D eigenvalue weighted by atomic mass is 16.5. The van der Waals surface area contributed by atoms with E-state index in [9.17, 15) is 0 Å². The van der Waals surface area contributed by atoms with E-state index in [0.29, 0.717) is 17.7 Å². The Morgan fingerprint density at radius 2 is 1.71 bits per heavy atom. The quantitative estimate of drug-likeness (QED) is 0.449. The van der Waals surface area contributed by atoms with Crippen LogP contribution < -0.4 is 14.8 Å². The Hall–Kier alpha value is -3.94. The van der Waals surface area contributed by atoms with Gasteiger partial charge in [0.25, 0.3) is 0 Å². The lowest BCUT2D eigenvalue weighted by Crippen LogP contribution is -2.08. The lowest BCUT2D eigenvalue weighted by molar-refractivity contribution is 0.381. The van der Waals surface area contributed by atoms with Crippen LogP contribution in [0.1, 0.15) is 11.4 Å². The molecule has 4 aromatic rings. The van der Waals surface area contributed by atoms with Crippen LogP contribution in [0.2, 0.25) is 0 Å². The second-order valence-corrected chi connectivity index (χ2v) is 6.98. The van der Waals surface area contributed by atoms with E-state index in [1.807, 2.05) is 49.4 Å². The van der Waals surface area contributed by atoms with Gasteiger partial charge in [0, 0.05) is 23.7 Å². The Labute approximate surface area is 180 Å². The van der Waals surface area contributed by atoms with Crippen LogP contribution in [0, 0.1) is 6.92 Å². The minimum atomic E-state index is 0.309. The number of H-pyrrole nitrogens is 1. The molecule has 2 N–H and O–H groups in total. The van der Waals surface area contributed by atoms with Crippen molar-refractivity contribution < 1.29 is 9.47 Å². The molecule has 0 aliphatic carbocycles. The van der Waals surface area contributed by atoms with Crippen LogP contribution in [-0.2, 0) is 6.42 Å². The van der Waals surface area contributed by atoms with Gasteiger partial charge in [0.05, 0.1) is 19.9 Å². The summed E-state index contributed by atoms with van der Waals surface area (Å²) in [6, 6.07) is 18.2. The number of hydrogen-bond acceptors (Lipinski definition) is 7. The number of anilines is 1. The number of ether oxygens (including phenoxy) is 2. The number of nitrogens with one attached hydrogen (secondary N) is 2. The fourth-order valence-electron chi connectivity index (χ4n) is 3.17. The maximum absolute atomic E-state index is 5.32. The lowest BCUT2D eigenvalue weighted by atomic mass is 10.1. The summed E-state index contributed by atoms with van der Waals surface area (Å²) in [5.74, 6) is 2.98. The maximum Gasteiger partial charge on any atom is 0.318 e. The zero-order valence-electron chi connectivity index (χ0n) is 17.7. The minimum absolute atomic E-state index is 0.309. The van der Waals surface area contributed by atoms with Crippen molar-refractivity contribution in [1.29, 1.82) is 0 Å². The van der Waals surface area contributed by atoms with E-state index in [4.69, 9.17) is 9.47 Å². The topological polar surface area (TPSA) is 97.8 Å². The molecule has 0 saturated carbocycles. The van der Waals surface area contributed by atoms with Gasteiger partial charge in [-0.05, 0) is 37.1 Å². The zero-order chi connectivity index (χ0) is 21.6. The third-order valence-electron chi connectivity index (χ3n) is 4.78. The largest absolute Gasteiger partial charge is 0.497 e. The smallest absolute Gasteiger partial charge is 0.318 e. The molecule has 0 radical (unpaired) electrons. The Morgan fingerprint density at radius 1 is 0.903 bits per heavy atom. The van der Waals surface area contributed by atoms with Gasteiger partial charge in [0.1, 0.15) is 17.4 Å². The normalized spacial score (nSPS) is 10.7. The van der Waals surface area contributed by atoms with Crippen molar-refractivity contribution in [3.8, 4) is 34.4 Å². The van der Waals surface area contributed by atoms with Crippen molar-refractivity contribution in [2.24, 2.45) is 0 Å². The summed E-state index contributed by atoms with van der Waals surface area (Å²) >= 11 is 0. The predicted molar refractivity (Wildman–Crippen MR) is 119 cm³/mol. The third kappa shape index (κ3) is 4.98. The van der Waals surface area contributed by atoms with Gasteiger partial charge in [-0.2, -0.15) is 15.1 Å². The first-order valence-electron chi connectivity index (χ1n) is 9.94. The highest BCUT2D eigenvalue weighted by molar-refractivity contribution is 5.69. The molecular weight excluding hydrogens is 392 g/mol. The monoisotopic (exact) mass is 416 g/mol. The van der Waals surface area contributed by atoms with E-state index in [0.717, 1.165) is 41.4 Å². The van der Waals surface area contributed by atoms with Gasteiger partial charge in [0.15, 0.2) is 5.82 Å². The fraction of sp³-hybridized carbons (Fsp3) is 0.217. The summed E-state index contributed by atoms with van der Waals surface area (Å²) in [5.41, 5.74) is 3.81. The minimum Gasteiger partial charge on any atom is -0.497 e. The van der Waals surface area contributed by atoms with Crippen LogP contribution in [0.3, 0.4) is 0 Å². The molecule has 0 fully saturated rings. The molecule has 8 nitrogen and oxygen atoms in total. The average molecular weight is 416 g/mol. The lowest BCUT2D eigenvalue weighted by Gasteiger charge is -2.10.